The maximum atomic E-state index is 12.2. The van der Waals surface area contributed by atoms with E-state index in [0.29, 0.717) is 18.5 Å². The highest BCUT2D eigenvalue weighted by molar-refractivity contribution is 5.98. The topological polar surface area (TPSA) is 50.3 Å². The van der Waals surface area contributed by atoms with E-state index in [-0.39, 0.29) is 24.5 Å². The van der Waals surface area contributed by atoms with Gasteiger partial charge in [-0.3, -0.25) is 14.6 Å². The molecule has 1 amide bonds. The van der Waals surface area contributed by atoms with Crippen molar-refractivity contribution in [3.05, 3.63) is 65.0 Å². The van der Waals surface area contributed by atoms with E-state index in [4.69, 9.17) is 0 Å². The molecule has 0 N–H and O–H groups in total. The quantitative estimate of drug-likeness (QED) is 0.734. The number of hydrogen-bond acceptors (Lipinski definition) is 3. The monoisotopic (exact) mass is 324 g/mol. The van der Waals surface area contributed by atoms with Crippen molar-refractivity contribution in [2.45, 2.75) is 33.1 Å². The third-order valence-corrected chi connectivity index (χ3v) is 4.25. The highest BCUT2D eigenvalue weighted by Crippen LogP contribution is 2.13. The van der Waals surface area contributed by atoms with Crippen LogP contribution in [-0.4, -0.2) is 35.2 Å². The Morgan fingerprint density at radius 3 is 2.50 bits per heavy atom. The highest BCUT2D eigenvalue weighted by Gasteiger charge is 2.13. The van der Waals surface area contributed by atoms with Gasteiger partial charge in [0.1, 0.15) is 0 Å². The fourth-order valence-corrected chi connectivity index (χ4v) is 2.42. The first kappa shape index (κ1) is 17.9. The van der Waals surface area contributed by atoms with Gasteiger partial charge in [-0.25, -0.2) is 0 Å². The van der Waals surface area contributed by atoms with Crippen LogP contribution in [0.1, 0.15) is 40.0 Å². The number of benzene rings is 1. The molecule has 0 bridgehead atoms. The molecule has 2 rings (SSSR count). The number of likely N-dealkylation sites (N-methyl/N-ethyl adjacent to an activating group) is 1. The number of Topliss-reactive ketones (excluding diaryl/α,β-unsaturated/α-hetero) is 1. The van der Waals surface area contributed by atoms with Crippen LogP contribution in [-0.2, 0) is 11.2 Å². The maximum absolute atomic E-state index is 12.2. The lowest BCUT2D eigenvalue weighted by Crippen LogP contribution is -2.29. The summed E-state index contributed by atoms with van der Waals surface area (Å²) in [6.07, 6.45) is 2.95. The van der Waals surface area contributed by atoms with Crippen LogP contribution in [0.3, 0.4) is 0 Å². The van der Waals surface area contributed by atoms with Crippen LogP contribution in [0.5, 0.6) is 0 Å². The number of aromatic nitrogens is 1. The average Bonchev–Trinajstić information content (AvgIpc) is 2.60. The molecule has 4 heteroatoms. The molecule has 0 atom stereocenters. The lowest BCUT2D eigenvalue weighted by molar-refractivity contribution is -0.129. The second-order valence-corrected chi connectivity index (χ2v) is 6.11. The van der Waals surface area contributed by atoms with Gasteiger partial charge >= 0.3 is 0 Å². The third kappa shape index (κ3) is 5.01. The van der Waals surface area contributed by atoms with Gasteiger partial charge in [-0.1, -0.05) is 18.2 Å². The van der Waals surface area contributed by atoms with E-state index in [9.17, 15) is 9.59 Å². The Hall–Kier alpha value is -2.49. The summed E-state index contributed by atoms with van der Waals surface area (Å²) >= 11 is 0. The van der Waals surface area contributed by atoms with E-state index >= 15 is 0 Å². The first-order chi connectivity index (χ1) is 11.5. The van der Waals surface area contributed by atoms with Crippen LogP contribution < -0.4 is 0 Å². The summed E-state index contributed by atoms with van der Waals surface area (Å²) in [5.41, 5.74) is 3.90. The van der Waals surface area contributed by atoms with Crippen molar-refractivity contribution in [3.63, 3.8) is 0 Å². The van der Waals surface area contributed by atoms with Crippen molar-refractivity contribution < 1.29 is 9.59 Å². The molecule has 1 heterocycles. The Morgan fingerprint density at radius 1 is 1.04 bits per heavy atom. The lowest BCUT2D eigenvalue weighted by atomic mass is 10.0. The third-order valence-electron chi connectivity index (χ3n) is 4.25. The van der Waals surface area contributed by atoms with E-state index < -0.39 is 0 Å². The zero-order valence-corrected chi connectivity index (χ0v) is 14.6. The molecule has 0 fully saturated rings. The van der Waals surface area contributed by atoms with Gasteiger partial charge in [-0.15, -0.1) is 0 Å². The van der Waals surface area contributed by atoms with Gasteiger partial charge in [-0.05, 0) is 43.2 Å². The summed E-state index contributed by atoms with van der Waals surface area (Å²) in [6.45, 7) is 4.61. The van der Waals surface area contributed by atoms with Crippen molar-refractivity contribution >= 4 is 11.7 Å². The molecule has 1 aromatic carbocycles. The fraction of sp³-hybridized carbons (Fsp3) is 0.350. The zero-order chi connectivity index (χ0) is 17.5. The van der Waals surface area contributed by atoms with Crippen molar-refractivity contribution in [2.75, 3.05) is 13.6 Å². The van der Waals surface area contributed by atoms with Gasteiger partial charge in [0.05, 0.1) is 0 Å². The number of ketones is 1. The van der Waals surface area contributed by atoms with E-state index in [0.717, 1.165) is 16.8 Å². The molecule has 0 unspecified atom stereocenters. The standard InChI is InChI=1S/C20H24N2O2/c1-15-7-8-17(14-16(15)2)19(23)9-10-20(24)22(3)13-11-18-6-4-5-12-21-18/h4-8,12,14H,9-11,13H2,1-3H3. The molecule has 0 aliphatic carbocycles. The van der Waals surface area contributed by atoms with Crippen molar-refractivity contribution in [1.82, 2.24) is 9.88 Å². The number of pyridine rings is 1. The number of hydrogen-bond donors (Lipinski definition) is 0. The van der Waals surface area contributed by atoms with Gasteiger partial charge in [0.15, 0.2) is 5.78 Å². The average molecular weight is 324 g/mol. The minimum Gasteiger partial charge on any atom is -0.345 e. The molecule has 2 aromatic rings. The number of carbonyl (C=O) groups excluding carboxylic acids is 2. The Morgan fingerprint density at radius 2 is 1.83 bits per heavy atom. The minimum absolute atomic E-state index is 0.0110. The van der Waals surface area contributed by atoms with Gasteiger partial charge in [0, 0.05) is 50.3 Å². The Kier molecular flexibility index (Phi) is 6.24. The summed E-state index contributed by atoms with van der Waals surface area (Å²) in [4.78, 5) is 30.3. The van der Waals surface area contributed by atoms with E-state index in [1.807, 2.05) is 50.2 Å². The SMILES string of the molecule is Cc1ccc(C(=O)CCC(=O)N(C)CCc2ccccn2)cc1C. The second-order valence-electron chi connectivity index (χ2n) is 6.11. The molecule has 0 radical (unpaired) electrons. The summed E-state index contributed by atoms with van der Waals surface area (Å²) < 4.78 is 0. The van der Waals surface area contributed by atoms with Crippen molar-refractivity contribution in [2.24, 2.45) is 0 Å². The summed E-state index contributed by atoms with van der Waals surface area (Å²) in [6, 6.07) is 11.4. The summed E-state index contributed by atoms with van der Waals surface area (Å²) in [5.74, 6) is 0.00712. The predicted molar refractivity (Wildman–Crippen MR) is 95.1 cm³/mol. The van der Waals surface area contributed by atoms with Gasteiger partial charge in [0.25, 0.3) is 0 Å². The molecular formula is C20H24N2O2. The number of rotatable bonds is 7. The molecule has 1 aromatic heterocycles. The Bertz CT molecular complexity index is 711. The maximum Gasteiger partial charge on any atom is 0.222 e. The first-order valence-corrected chi connectivity index (χ1v) is 8.21. The minimum atomic E-state index is -0.0110. The number of nitrogens with zero attached hydrogens (tertiary/aromatic N) is 2. The number of aryl methyl sites for hydroxylation is 2. The van der Waals surface area contributed by atoms with Crippen molar-refractivity contribution in [1.29, 1.82) is 0 Å². The van der Waals surface area contributed by atoms with Crippen LogP contribution >= 0.6 is 0 Å². The number of amides is 1. The van der Waals surface area contributed by atoms with Gasteiger partial charge in [0.2, 0.25) is 5.91 Å². The molecular weight excluding hydrogens is 300 g/mol. The van der Waals surface area contributed by atoms with E-state index in [1.54, 1.807) is 18.1 Å². The van der Waals surface area contributed by atoms with Gasteiger partial charge < -0.3 is 4.90 Å². The molecule has 0 saturated heterocycles. The van der Waals surface area contributed by atoms with Gasteiger partial charge in [-0.2, -0.15) is 0 Å². The molecule has 0 aliphatic heterocycles. The smallest absolute Gasteiger partial charge is 0.222 e. The Balaban J connectivity index is 1.81. The second kappa shape index (κ2) is 8.39. The fourth-order valence-electron chi connectivity index (χ4n) is 2.42. The van der Waals surface area contributed by atoms with E-state index in [2.05, 4.69) is 4.98 Å². The molecule has 0 saturated carbocycles. The highest BCUT2D eigenvalue weighted by atomic mass is 16.2. The first-order valence-electron chi connectivity index (χ1n) is 8.21. The molecule has 24 heavy (non-hydrogen) atoms. The normalized spacial score (nSPS) is 10.5. The van der Waals surface area contributed by atoms with Crippen LogP contribution in [0.25, 0.3) is 0 Å². The van der Waals surface area contributed by atoms with E-state index in [1.165, 1.54) is 0 Å². The molecule has 0 aliphatic rings. The molecule has 4 nitrogen and oxygen atoms in total. The zero-order valence-electron chi connectivity index (χ0n) is 14.6. The van der Waals surface area contributed by atoms with Crippen LogP contribution in [0.4, 0.5) is 0 Å². The Labute approximate surface area is 143 Å². The van der Waals surface area contributed by atoms with Crippen LogP contribution in [0, 0.1) is 13.8 Å². The van der Waals surface area contributed by atoms with Crippen LogP contribution in [0.2, 0.25) is 0 Å². The largest absolute Gasteiger partial charge is 0.345 e. The predicted octanol–water partition coefficient (Wildman–Crippen LogP) is 3.36. The molecule has 126 valence electrons. The summed E-state index contributed by atoms with van der Waals surface area (Å²) in [7, 11) is 1.77. The van der Waals surface area contributed by atoms with Crippen LogP contribution in [0.15, 0.2) is 42.6 Å². The molecule has 0 spiro atoms. The lowest BCUT2D eigenvalue weighted by Gasteiger charge is -2.16. The van der Waals surface area contributed by atoms with Crippen molar-refractivity contribution in [3.8, 4) is 0 Å². The number of carbonyl (C=O) groups is 2. The summed E-state index contributed by atoms with van der Waals surface area (Å²) in [5, 5.41) is 0.